The molecule has 0 fully saturated rings. The van der Waals surface area contributed by atoms with E-state index in [2.05, 4.69) is 5.32 Å². The Morgan fingerprint density at radius 1 is 0.800 bits per heavy atom. The number of methoxy groups -OCH3 is 1. The van der Waals surface area contributed by atoms with Crippen LogP contribution in [-0.2, 0) is 27.2 Å². The molecule has 0 aliphatic heterocycles. The first-order chi connectivity index (χ1) is 14.6. The Labute approximate surface area is 176 Å². The van der Waals surface area contributed by atoms with Crippen molar-refractivity contribution in [1.82, 2.24) is 5.32 Å². The molecule has 5 heteroatoms. The van der Waals surface area contributed by atoms with E-state index in [4.69, 9.17) is 9.47 Å². The van der Waals surface area contributed by atoms with Crippen molar-refractivity contribution in [2.45, 2.75) is 12.8 Å². The Kier molecular flexibility index (Phi) is 7.61. The van der Waals surface area contributed by atoms with Crippen molar-refractivity contribution in [3.63, 3.8) is 0 Å². The lowest BCUT2D eigenvalue weighted by Gasteiger charge is -2.08. The number of rotatable bonds is 9. The largest absolute Gasteiger partial charge is 0.497 e. The van der Waals surface area contributed by atoms with E-state index < -0.39 is 5.97 Å². The summed E-state index contributed by atoms with van der Waals surface area (Å²) in [4.78, 5) is 23.9. The Balaban J connectivity index is 1.37. The molecule has 30 heavy (non-hydrogen) atoms. The summed E-state index contributed by atoms with van der Waals surface area (Å²) in [5, 5.41) is 2.76. The monoisotopic (exact) mass is 403 g/mol. The lowest BCUT2D eigenvalue weighted by atomic mass is 10.0. The average Bonchev–Trinajstić information content (AvgIpc) is 2.79. The fraction of sp³-hybridized carbons (Fsp3) is 0.200. The molecule has 0 spiro atoms. The molecule has 0 aliphatic rings. The van der Waals surface area contributed by atoms with Gasteiger partial charge in [-0.3, -0.25) is 9.59 Å². The summed E-state index contributed by atoms with van der Waals surface area (Å²) in [5.74, 6) is 0.0634. The molecule has 1 amide bonds. The van der Waals surface area contributed by atoms with Crippen LogP contribution in [0.2, 0.25) is 0 Å². The van der Waals surface area contributed by atoms with Gasteiger partial charge in [0.1, 0.15) is 5.75 Å². The Morgan fingerprint density at radius 3 is 2.10 bits per heavy atom. The molecule has 0 saturated heterocycles. The van der Waals surface area contributed by atoms with Crippen LogP contribution in [0.15, 0.2) is 78.9 Å². The van der Waals surface area contributed by atoms with Gasteiger partial charge in [0.15, 0.2) is 6.61 Å². The third kappa shape index (κ3) is 6.48. The number of hydrogen-bond acceptors (Lipinski definition) is 4. The summed E-state index contributed by atoms with van der Waals surface area (Å²) in [6.45, 7) is 0.202. The second-order valence-corrected chi connectivity index (χ2v) is 6.85. The molecule has 3 rings (SSSR count). The van der Waals surface area contributed by atoms with Gasteiger partial charge < -0.3 is 14.8 Å². The summed E-state index contributed by atoms with van der Waals surface area (Å²) in [6.07, 6.45) is 0.825. The van der Waals surface area contributed by atoms with Crippen molar-refractivity contribution in [3.05, 3.63) is 90.0 Å². The van der Waals surface area contributed by atoms with Crippen molar-refractivity contribution < 1.29 is 19.1 Å². The minimum Gasteiger partial charge on any atom is -0.497 e. The van der Waals surface area contributed by atoms with E-state index in [0.29, 0.717) is 13.0 Å². The van der Waals surface area contributed by atoms with Crippen LogP contribution < -0.4 is 10.1 Å². The molecule has 0 aromatic heterocycles. The van der Waals surface area contributed by atoms with Crippen LogP contribution >= 0.6 is 0 Å². The van der Waals surface area contributed by atoms with E-state index in [9.17, 15) is 9.59 Å². The van der Waals surface area contributed by atoms with Gasteiger partial charge in [-0.25, -0.2) is 0 Å². The fourth-order valence-corrected chi connectivity index (χ4v) is 3.00. The molecule has 0 aliphatic carbocycles. The highest BCUT2D eigenvalue weighted by molar-refractivity contribution is 5.81. The first-order valence-corrected chi connectivity index (χ1v) is 9.83. The van der Waals surface area contributed by atoms with Gasteiger partial charge in [0.25, 0.3) is 5.91 Å². The minimum atomic E-state index is -0.423. The molecule has 0 radical (unpaired) electrons. The second kappa shape index (κ2) is 10.8. The van der Waals surface area contributed by atoms with Gasteiger partial charge in [-0.2, -0.15) is 0 Å². The SMILES string of the molecule is COc1ccc(CCNC(=O)COC(=O)Cc2ccc(-c3ccccc3)cc2)cc1. The van der Waals surface area contributed by atoms with Crippen LogP contribution in [0.1, 0.15) is 11.1 Å². The van der Waals surface area contributed by atoms with E-state index >= 15 is 0 Å². The van der Waals surface area contributed by atoms with E-state index in [1.54, 1.807) is 7.11 Å². The van der Waals surface area contributed by atoms with E-state index in [-0.39, 0.29) is 18.9 Å². The maximum Gasteiger partial charge on any atom is 0.310 e. The summed E-state index contributed by atoms with van der Waals surface area (Å²) in [5.41, 5.74) is 4.15. The molecule has 0 atom stereocenters. The number of benzene rings is 3. The number of hydrogen-bond donors (Lipinski definition) is 1. The fourth-order valence-electron chi connectivity index (χ4n) is 3.00. The molecular weight excluding hydrogens is 378 g/mol. The molecule has 3 aromatic rings. The van der Waals surface area contributed by atoms with Crippen LogP contribution in [0.3, 0.4) is 0 Å². The Morgan fingerprint density at radius 2 is 1.43 bits per heavy atom. The highest BCUT2D eigenvalue weighted by Gasteiger charge is 2.09. The van der Waals surface area contributed by atoms with Crippen LogP contribution in [-0.4, -0.2) is 32.1 Å². The highest BCUT2D eigenvalue weighted by Crippen LogP contribution is 2.19. The van der Waals surface area contributed by atoms with Gasteiger partial charge in [0, 0.05) is 6.54 Å². The van der Waals surface area contributed by atoms with Crippen molar-refractivity contribution in [2.75, 3.05) is 20.3 Å². The number of esters is 1. The van der Waals surface area contributed by atoms with Crippen molar-refractivity contribution in [3.8, 4) is 16.9 Å². The predicted octanol–water partition coefficient (Wildman–Crippen LogP) is 3.81. The summed E-state index contributed by atoms with van der Waals surface area (Å²) < 4.78 is 10.2. The molecule has 0 heterocycles. The molecule has 0 saturated carbocycles. The normalized spacial score (nSPS) is 10.3. The van der Waals surface area contributed by atoms with E-state index in [0.717, 1.165) is 28.0 Å². The first-order valence-electron chi connectivity index (χ1n) is 9.83. The zero-order valence-electron chi connectivity index (χ0n) is 17.0. The summed E-state index contributed by atoms with van der Waals surface area (Å²) in [7, 11) is 1.62. The zero-order valence-corrected chi connectivity index (χ0v) is 17.0. The Bertz CT molecular complexity index is 951. The maximum atomic E-state index is 12.0. The van der Waals surface area contributed by atoms with E-state index in [1.165, 1.54) is 0 Å². The molecule has 0 bridgehead atoms. The molecule has 1 N–H and O–H groups in total. The molecule has 3 aromatic carbocycles. The van der Waals surface area contributed by atoms with Gasteiger partial charge in [0.2, 0.25) is 0 Å². The second-order valence-electron chi connectivity index (χ2n) is 6.85. The molecule has 0 unspecified atom stereocenters. The van der Waals surface area contributed by atoms with Crippen molar-refractivity contribution in [1.29, 1.82) is 0 Å². The van der Waals surface area contributed by atoms with Gasteiger partial charge in [-0.05, 0) is 40.8 Å². The predicted molar refractivity (Wildman–Crippen MR) is 116 cm³/mol. The third-order valence-electron chi connectivity index (χ3n) is 4.67. The number of carbonyl (C=O) groups is 2. The standard InChI is InChI=1S/C25H25NO4/c1-29-23-13-9-19(10-14-23)15-16-26-24(27)18-30-25(28)17-20-7-11-22(12-8-20)21-5-3-2-4-6-21/h2-14H,15-18H2,1H3,(H,26,27). The average molecular weight is 403 g/mol. The van der Waals surface area contributed by atoms with Crippen molar-refractivity contribution >= 4 is 11.9 Å². The Hall–Kier alpha value is -3.60. The van der Waals surface area contributed by atoms with Gasteiger partial charge in [-0.1, -0.05) is 66.7 Å². The first kappa shape index (κ1) is 21.1. The molecule has 154 valence electrons. The summed E-state index contributed by atoms with van der Waals surface area (Å²) in [6, 6.07) is 25.4. The zero-order chi connectivity index (χ0) is 21.2. The van der Waals surface area contributed by atoms with Gasteiger partial charge >= 0.3 is 5.97 Å². The van der Waals surface area contributed by atoms with Crippen LogP contribution in [0.25, 0.3) is 11.1 Å². The van der Waals surface area contributed by atoms with Crippen LogP contribution in [0, 0.1) is 0 Å². The number of nitrogens with one attached hydrogen (secondary N) is 1. The number of ether oxygens (including phenoxy) is 2. The van der Waals surface area contributed by atoms with Gasteiger partial charge in [0.05, 0.1) is 13.5 Å². The third-order valence-corrected chi connectivity index (χ3v) is 4.67. The summed E-state index contributed by atoms with van der Waals surface area (Å²) >= 11 is 0. The van der Waals surface area contributed by atoms with Crippen LogP contribution in [0.4, 0.5) is 0 Å². The number of amides is 1. The van der Waals surface area contributed by atoms with Gasteiger partial charge in [-0.15, -0.1) is 0 Å². The number of carbonyl (C=O) groups excluding carboxylic acids is 2. The highest BCUT2D eigenvalue weighted by atomic mass is 16.5. The maximum absolute atomic E-state index is 12.0. The van der Waals surface area contributed by atoms with E-state index in [1.807, 2.05) is 78.9 Å². The molecule has 5 nitrogen and oxygen atoms in total. The van der Waals surface area contributed by atoms with Crippen LogP contribution in [0.5, 0.6) is 5.75 Å². The quantitative estimate of drug-likeness (QED) is 0.552. The lowest BCUT2D eigenvalue weighted by molar-refractivity contribution is -0.147. The topological polar surface area (TPSA) is 64.6 Å². The smallest absolute Gasteiger partial charge is 0.310 e. The van der Waals surface area contributed by atoms with Crippen molar-refractivity contribution in [2.24, 2.45) is 0 Å². The minimum absolute atomic E-state index is 0.133. The molecular formula is C25H25NO4. The lowest BCUT2D eigenvalue weighted by Crippen LogP contribution is -2.30.